The number of esters is 1. The molecule has 0 bridgehead atoms. The molecule has 0 heterocycles. The Hall–Kier alpha value is -3.85. The van der Waals surface area contributed by atoms with E-state index in [0.717, 1.165) is 122 Å². The molecule has 3 atom stereocenters. The monoisotopic (exact) mass is 1230 g/mol. The topological polar surface area (TPSA) is 114 Å². The molecular weight excluding hydrogens is 1100 g/mol. The van der Waals surface area contributed by atoms with E-state index in [2.05, 4.69) is 148 Å². The van der Waals surface area contributed by atoms with Gasteiger partial charge in [0.2, 0.25) is 5.91 Å². The first-order valence-corrected chi connectivity index (χ1v) is 37.0. The number of ether oxygens (including phenoxy) is 1. The summed E-state index contributed by atoms with van der Waals surface area (Å²) in [7, 11) is 1.14. The van der Waals surface area contributed by atoms with E-state index in [1.165, 1.54) is 128 Å². The second kappa shape index (κ2) is 65.1. The van der Waals surface area contributed by atoms with Gasteiger partial charge in [0.05, 0.1) is 33.8 Å². The Bertz CT molecular complexity index is 1950. The molecule has 0 radical (unpaired) electrons. The number of unbranched alkanes of at least 4 members (excludes halogenated alkanes) is 27. The van der Waals surface area contributed by atoms with Crippen LogP contribution in [0.5, 0.6) is 0 Å². The first kappa shape index (κ1) is 83.2. The molecule has 0 saturated carbocycles. The molecule has 0 aromatic heterocycles. The molecule has 0 aliphatic heterocycles. The quantitative estimate of drug-likeness (QED) is 0.0212. The van der Waals surface area contributed by atoms with Crippen molar-refractivity contribution in [1.82, 2.24) is 5.32 Å². The predicted octanol–water partition coefficient (Wildman–Crippen LogP) is 22.2. The Balaban J connectivity index is 5.19. The lowest BCUT2D eigenvalue weighted by Gasteiger charge is -2.30. The summed E-state index contributed by atoms with van der Waals surface area (Å²) in [5.74, 6) is -0.599. The van der Waals surface area contributed by atoms with Gasteiger partial charge < -0.3 is 28.5 Å². The van der Waals surface area contributed by atoms with E-state index in [-0.39, 0.29) is 24.9 Å². The average Bonchev–Trinajstić information content (AvgIpc) is 3.70. The second-order valence-electron chi connectivity index (χ2n) is 24.6. The fourth-order valence-corrected chi connectivity index (χ4v) is 10.3. The van der Waals surface area contributed by atoms with Crippen LogP contribution in [0.4, 0.5) is 0 Å². The van der Waals surface area contributed by atoms with Crippen molar-refractivity contribution >= 4 is 19.7 Å². The van der Waals surface area contributed by atoms with E-state index in [0.29, 0.717) is 23.9 Å². The van der Waals surface area contributed by atoms with Crippen molar-refractivity contribution in [2.45, 2.75) is 303 Å². The summed E-state index contributed by atoms with van der Waals surface area (Å²) in [5.41, 5.74) is 0. The number of nitrogens with zero attached hydrogens (tertiary/aromatic N) is 1. The Labute approximate surface area is 536 Å². The molecule has 10 heteroatoms. The summed E-state index contributed by atoms with van der Waals surface area (Å²) in [5, 5.41) is 3.03. The van der Waals surface area contributed by atoms with E-state index in [1.54, 1.807) is 0 Å². The minimum Gasteiger partial charge on any atom is -0.756 e. The molecule has 0 aliphatic carbocycles. The van der Waals surface area contributed by atoms with Crippen molar-refractivity contribution in [1.29, 1.82) is 0 Å². The highest BCUT2D eigenvalue weighted by molar-refractivity contribution is 7.45. The van der Waals surface area contributed by atoms with Gasteiger partial charge in [0.15, 0.2) is 0 Å². The van der Waals surface area contributed by atoms with E-state index < -0.39 is 26.6 Å². The standard InChI is InChI=1S/C77H133N2O7P/c1-7-10-13-16-19-22-25-28-30-32-34-36-37-38-39-40-41-43-44-46-48-51-54-57-60-63-66-69-76(80)78-74(73-85-87(82,83)84-72-71-79(4,5)6)75(68-65-62-59-56-53-50-27-24-21-18-15-12-9-3)86-77(81)70-67-64-61-58-55-52-49-47-45-42-35-33-31-29-26-23-20-17-14-11-8-2/h11,14,19-20,22-23,28-31,34-36,38-39,42,47,49,55,58,65,68,74-75H,7-10,12-13,15-18,21,24-27,32-33,37,40-41,43-46,48,50-54,56-57,59-64,66-67,69-73H2,1-6H3,(H-,78,80,82,83)/b14-11-,22-19-,23-20-,30-28-,31-29-,36-34-,39-38-,42-35-,49-47-,58-55-,68-65-. The van der Waals surface area contributed by atoms with Gasteiger partial charge in [-0.25, -0.2) is 0 Å². The minimum atomic E-state index is -4.73. The lowest BCUT2D eigenvalue weighted by atomic mass is 10.0. The first-order valence-electron chi connectivity index (χ1n) is 35.5. The summed E-state index contributed by atoms with van der Waals surface area (Å²) >= 11 is 0. The highest BCUT2D eigenvalue weighted by Gasteiger charge is 2.27. The Morgan fingerprint density at radius 1 is 0.414 bits per heavy atom. The van der Waals surface area contributed by atoms with Crippen molar-refractivity contribution in [3.05, 3.63) is 134 Å². The molecule has 0 saturated heterocycles. The molecule has 0 aromatic carbocycles. The maximum atomic E-state index is 13.6. The van der Waals surface area contributed by atoms with Crippen LogP contribution in [0.2, 0.25) is 0 Å². The molecular formula is C77H133N2O7P. The van der Waals surface area contributed by atoms with Crippen LogP contribution in [-0.4, -0.2) is 69.4 Å². The Morgan fingerprint density at radius 2 is 0.736 bits per heavy atom. The molecule has 9 nitrogen and oxygen atoms in total. The molecule has 498 valence electrons. The van der Waals surface area contributed by atoms with Crippen LogP contribution >= 0.6 is 7.82 Å². The van der Waals surface area contributed by atoms with Gasteiger partial charge in [0.25, 0.3) is 7.82 Å². The zero-order valence-corrected chi connectivity index (χ0v) is 57.8. The zero-order chi connectivity index (χ0) is 63.5. The average molecular weight is 1230 g/mol. The van der Waals surface area contributed by atoms with Crippen LogP contribution in [0, 0.1) is 0 Å². The van der Waals surface area contributed by atoms with E-state index in [4.69, 9.17) is 13.8 Å². The normalized spacial score (nSPS) is 14.3. The lowest BCUT2D eigenvalue weighted by Crippen LogP contribution is -2.47. The zero-order valence-electron chi connectivity index (χ0n) is 56.9. The Kier molecular flexibility index (Phi) is 62.2. The van der Waals surface area contributed by atoms with Crippen molar-refractivity contribution in [3.8, 4) is 0 Å². The van der Waals surface area contributed by atoms with Gasteiger partial charge in [-0.1, -0.05) is 283 Å². The van der Waals surface area contributed by atoms with Crippen LogP contribution in [0.1, 0.15) is 290 Å². The van der Waals surface area contributed by atoms with Crippen molar-refractivity contribution in [2.24, 2.45) is 0 Å². The summed E-state index contributed by atoms with van der Waals surface area (Å²) in [6, 6.07) is -0.919. The van der Waals surface area contributed by atoms with Crippen LogP contribution < -0.4 is 10.2 Å². The van der Waals surface area contributed by atoms with Gasteiger partial charge in [-0.2, -0.15) is 0 Å². The SMILES string of the molecule is CC/C=C\C/C=C\C/C=C\C/C=C\C/C=C\C/C=C\CCCCC(=O)OC(/C=C\CCCCCCCCCCCCC)C(COP(=O)([O-])OCC[N+](C)(C)C)NC(=O)CCCCCCCCCCCCC/C=C\C/C=C\C/C=C\C/C=C\CCCCC. The fraction of sp³-hybridized carbons (Fsp3) is 0.688. The van der Waals surface area contributed by atoms with Crippen LogP contribution in [0.15, 0.2) is 134 Å². The number of quaternary nitrogens is 1. The minimum absolute atomic E-state index is 0.0367. The van der Waals surface area contributed by atoms with E-state index in [1.807, 2.05) is 33.3 Å². The molecule has 87 heavy (non-hydrogen) atoms. The number of likely N-dealkylation sites (N-methyl/N-ethyl adjacent to an activating group) is 1. The maximum Gasteiger partial charge on any atom is 0.306 e. The van der Waals surface area contributed by atoms with Gasteiger partial charge in [-0.05, 0) is 128 Å². The third kappa shape index (κ3) is 66.4. The summed E-state index contributed by atoms with van der Waals surface area (Å²) in [6.45, 7) is 6.68. The number of hydrogen-bond donors (Lipinski definition) is 1. The third-order valence-electron chi connectivity index (χ3n) is 15.1. The van der Waals surface area contributed by atoms with Crippen molar-refractivity contribution < 1.29 is 37.3 Å². The van der Waals surface area contributed by atoms with Crippen molar-refractivity contribution in [2.75, 3.05) is 40.9 Å². The molecule has 0 aromatic rings. The number of nitrogens with one attached hydrogen (secondary N) is 1. The second-order valence-corrected chi connectivity index (χ2v) is 26.1. The number of amides is 1. The van der Waals surface area contributed by atoms with Gasteiger partial charge in [0, 0.05) is 12.8 Å². The number of allylic oxidation sites excluding steroid dienone is 21. The number of hydrogen-bond acceptors (Lipinski definition) is 7. The molecule has 0 fully saturated rings. The summed E-state index contributed by atoms with van der Waals surface area (Å²) in [6.07, 6.45) is 92.9. The lowest BCUT2D eigenvalue weighted by molar-refractivity contribution is -0.870. The van der Waals surface area contributed by atoms with E-state index in [9.17, 15) is 19.0 Å². The smallest absolute Gasteiger partial charge is 0.306 e. The Morgan fingerprint density at radius 3 is 1.14 bits per heavy atom. The van der Waals surface area contributed by atoms with Crippen LogP contribution in [0.3, 0.4) is 0 Å². The fourth-order valence-electron chi connectivity index (χ4n) is 9.63. The number of phosphoric acid groups is 1. The molecule has 0 spiro atoms. The van der Waals surface area contributed by atoms with Gasteiger partial charge >= 0.3 is 5.97 Å². The summed E-state index contributed by atoms with van der Waals surface area (Å²) in [4.78, 5) is 40.2. The predicted molar refractivity (Wildman–Crippen MR) is 376 cm³/mol. The van der Waals surface area contributed by atoms with Gasteiger partial charge in [-0.15, -0.1) is 0 Å². The molecule has 1 amide bonds. The highest BCUT2D eigenvalue weighted by atomic mass is 31.2. The van der Waals surface area contributed by atoms with Crippen LogP contribution in [0.25, 0.3) is 0 Å². The number of carbonyl (C=O) groups excluding carboxylic acids is 2. The van der Waals surface area contributed by atoms with E-state index >= 15 is 0 Å². The maximum absolute atomic E-state index is 13.6. The summed E-state index contributed by atoms with van der Waals surface area (Å²) < 4.78 is 30.4. The molecule has 0 aliphatic rings. The molecule has 0 rings (SSSR count). The van der Waals surface area contributed by atoms with Gasteiger partial charge in [0.1, 0.15) is 19.3 Å². The number of rotatable bonds is 63. The largest absolute Gasteiger partial charge is 0.756 e. The third-order valence-corrected chi connectivity index (χ3v) is 16.0. The highest BCUT2D eigenvalue weighted by Crippen LogP contribution is 2.38. The number of phosphoric ester groups is 1. The van der Waals surface area contributed by atoms with Crippen molar-refractivity contribution in [3.63, 3.8) is 0 Å². The number of carbonyl (C=O) groups is 2. The molecule has 3 unspecified atom stereocenters. The van der Waals surface area contributed by atoms with Gasteiger partial charge in [-0.3, -0.25) is 14.2 Å². The first-order chi connectivity index (χ1) is 42.4. The molecule has 1 N–H and O–H groups in total. The van der Waals surface area contributed by atoms with Crippen LogP contribution in [-0.2, 0) is 27.9 Å².